The van der Waals surface area contributed by atoms with E-state index in [1.807, 2.05) is 18.6 Å². The Kier molecular flexibility index (Phi) is 3.80. The van der Waals surface area contributed by atoms with E-state index >= 15 is 0 Å². The molecule has 2 atom stereocenters. The maximum atomic E-state index is 4.53. The van der Waals surface area contributed by atoms with Crippen molar-refractivity contribution in [3.05, 3.63) is 34.5 Å². The first kappa shape index (κ1) is 14.1. The Labute approximate surface area is 135 Å². The maximum absolute atomic E-state index is 4.53. The first-order chi connectivity index (χ1) is 10.8. The second kappa shape index (κ2) is 5.93. The molecule has 116 valence electrons. The molecule has 2 aliphatic rings. The van der Waals surface area contributed by atoms with Gasteiger partial charge in [-0.05, 0) is 23.8 Å². The van der Waals surface area contributed by atoms with Gasteiger partial charge in [0.25, 0.3) is 0 Å². The van der Waals surface area contributed by atoms with Gasteiger partial charge in [0.1, 0.15) is 5.01 Å². The van der Waals surface area contributed by atoms with Gasteiger partial charge in [-0.15, -0.1) is 11.3 Å². The summed E-state index contributed by atoms with van der Waals surface area (Å²) in [7, 11) is 0. The van der Waals surface area contributed by atoms with Crippen molar-refractivity contribution in [1.29, 1.82) is 0 Å². The molecule has 0 amide bonds. The van der Waals surface area contributed by atoms with Gasteiger partial charge in [-0.25, -0.2) is 15.0 Å². The molecule has 2 aromatic rings. The number of nitrogens with zero attached hydrogens (tertiary/aromatic N) is 5. The van der Waals surface area contributed by atoms with Gasteiger partial charge < -0.3 is 4.90 Å². The minimum atomic E-state index is 0.745. The third kappa shape index (κ3) is 2.73. The molecule has 0 spiro atoms. The predicted octanol–water partition coefficient (Wildman–Crippen LogP) is 2.06. The average molecular weight is 315 g/mol. The fourth-order valence-corrected chi connectivity index (χ4v) is 4.26. The van der Waals surface area contributed by atoms with Crippen LogP contribution in [0.3, 0.4) is 0 Å². The van der Waals surface area contributed by atoms with Gasteiger partial charge in [-0.1, -0.05) is 6.92 Å². The lowest BCUT2D eigenvalue weighted by Gasteiger charge is -2.20. The summed E-state index contributed by atoms with van der Waals surface area (Å²) in [5.74, 6) is 2.39. The minimum Gasteiger partial charge on any atom is -0.340 e. The van der Waals surface area contributed by atoms with Crippen molar-refractivity contribution in [2.75, 3.05) is 31.1 Å². The highest BCUT2D eigenvalue weighted by Gasteiger charge is 2.40. The molecular weight excluding hydrogens is 294 g/mol. The Morgan fingerprint density at radius 1 is 1.09 bits per heavy atom. The minimum absolute atomic E-state index is 0.745. The highest BCUT2D eigenvalue weighted by molar-refractivity contribution is 7.09. The van der Waals surface area contributed by atoms with Crippen LogP contribution in [0.2, 0.25) is 0 Å². The average Bonchev–Trinajstić information content (AvgIpc) is 3.24. The van der Waals surface area contributed by atoms with Gasteiger partial charge in [0.05, 0.1) is 6.54 Å². The van der Waals surface area contributed by atoms with E-state index < -0.39 is 0 Å². The quantitative estimate of drug-likeness (QED) is 0.864. The first-order valence-electron chi connectivity index (χ1n) is 7.98. The summed E-state index contributed by atoms with van der Waals surface area (Å²) in [4.78, 5) is 18.4. The molecule has 6 heteroatoms. The highest BCUT2D eigenvalue weighted by atomic mass is 32.1. The molecule has 0 saturated carbocycles. The molecule has 2 fully saturated rings. The van der Waals surface area contributed by atoms with E-state index in [4.69, 9.17) is 0 Å². The Hall–Kier alpha value is -1.53. The normalized spacial score (nSPS) is 24.9. The molecule has 0 unspecified atom stereocenters. The van der Waals surface area contributed by atoms with E-state index in [0.29, 0.717) is 0 Å². The van der Waals surface area contributed by atoms with Crippen LogP contribution in [0.4, 0.5) is 5.95 Å². The molecule has 0 aromatic carbocycles. The van der Waals surface area contributed by atoms with Gasteiger partial charge in [0.2, 0.25) is 5.95 Å². The standard InChI is InChI=1S/C16H21N5S/c1-2-12-5-18-16(19-6-12)21-9-13-7-20(8-14(13)10-21)11-15-17-3-4-22-15/h3-6,13-14H,2,7-11H2,1H3/t13-,14+. The Balaban J connectivity index is 1.36. The van der Waals surface area contributed by atoms with Crippen LogP contribution in [0.1, 0.15) is 17.5 Å². The Morgan fingerprint density at radius 2 is 1.82 bits per heavy atom. The molecule has 4 heterocycles. The smallest absolute Gasteiger partial charge is 0.225 e. The number of aromatic nitrogens is 3. The number of anilines is 1. The lowest BCUT2D eigenvalue weighted by atomic mass is 10.0. The van der Waals surface area contributed by atoms with Crippen LogP contribution < -0.4 is 4.90 Å². The molecule has 2 saturated heterocycles. The second-order valence-corrected chi connectivity index (χ2v) is 7.27. The van der Waals surface area contributed by atoms with Gasteiger partial charge in [-0.3, -0.25) is 4.90 Å². The van der Waals surface area contributed by atoms with Crippen LogP contribution in [0.5, 0.6) is 0 Å². The fourth-order valence-electron chi connectivity index (χ4n) is 3.60. The molecule has 2 aromatic heterocycles. The van der Waals surface area contributed by atoms with E-state index in [1.165, 1.54) is 23.7 Å². The summed E-state index contributed by atoms with van der Waals surface area (Å²) in [6.07, 6.45) is 6.82. The van der Waals surface area contributed by atoms with Crippen molar-refractivity contribution in [1.82, 2.24) is 19.9 Å². The van der Waals surface area contributed by atoms with Crippen LogP contribution in [0.15, 0.2) is 24.0 Å². The number of likely N-dealkylation sites (tertiary alicyclic amines) is 1. The van der Waals surface area contributed by atoms with Crippen LogP contribution in [-0.4, -0.2) is 46.0 Å². The summed E-state index contributed by atoms with van der Waals surface area (Å²) in [5.41, 5.74) is 1.21. The lowest BCUT2D eigenvalue weighted by molar-refractivity contribution is 0.308. The zero-order valence-corrected chi connectivity index (χ0v) is 13.7. The van der Waals surface area contributed by atoms with Crippen molar-refractivity contribution in [2.24, 2.45) is 11.8 Å². The summed E-state index contributed by atoms with van der Waals surface area (Å²) in [6, 6.07) is 0. The topological polar surface area (TPSA) is 45.2 Å². The zero-order chi connectivity index (χ0) is 14.9. The number of thiazole rings is 1. The number of hydrogen-bond donors (Lipinski definition) is 0. The van der Waals surface area contributed by atoms with Crippen molar-refractivity contribution in [2.45, 2.75) is 19.9 Å². The SMILES string of the molecule is CCc1cnc(N2C[C@H]3CN(Cc4nccs4)C[C@H]3C2)nc1. The summed E-state index contributed by atoms with van der Waals surface area (Å²) >= 11 is 1.76. The number of rotatable bonds is 4. The summed E-state index contributed by atoms with van der Waals surface area (Å²) in [5, 5.41) is 3.29. The van der Waals surface area contributed by atoms with Crippen molar-refractivity contribution in [3.63, 3.8) is 0 Å². The molecule has 0 radical (unpaired) electrons. The fraction of sp³-hybridized carbons (Fsp3) is 0.562. The number of hydrogen-bond acceptors (Lipinski definition) is 6. The van der Waals surface area contributed by atoms with Crippen molar-refractivity contribution >= 4 is 17.3 Å². The lowest BCUT2D eigenvalue weighted by Crippen LogP contribution is -2.29. The molecule has 22 heavy (non-hydrogen) atoms. The Bertz CT molecular complexity index is 598. The van der Waals surface area contributed by atoms with Gasteiger partial charge in [0.15, 0.2) is 0 Å². The zero-order valence-electron chi connectivity index (χ0n) is 12.9. The van der Waals surface area contributed by atoms with Crippen molar-refractivity contribution < 1.29 is 0 Å². The van der Waals surface area contributed by atoms with Gasteiger partial charge >= 0.3 is 0 Å². The molecule has 0 bridgehead atoms. The third-order valence-corrected chi connectivity index (χ3v) is 5.55. The monoisotopic (exact) mass is 315 g/mol. The number of aryl methyl sites for hydroxylation is 1. The molecule has 4 rings (SSSR count). The second-order valence-electron chi connectivity index (χ2n) is 6.29. The van der Waals surface area contributed by atoms with Crippen LogP contribution in [0, 0.1) is 11.8 Å². The predicted molar refractivity (Wildman–Crippen MR) is 88.0 cm³/mol. The maximum Gasteiger partial charge on any atom is 0.225 e. The van der Waals surface area contributed by atoms with Crippen LogP contribution in [-0.2, 0) is 13.0 Å². The van der Waals surface area contributed by atoms with E-state index in [2.05, 4.69) is 37.1 Å². The molecule has 0 aliphatic carbocycles. The third-order valence-electron chi connectivity index (χ3n) is 4.79. The Morgan fingerprint density at radius 3 is 2.41 bits per heavy atom. The van der Waals surface area contributed by atoms with Crippen molar-refractivity contribution in [3.8, 4) is 0 Å². The van der Waals surface area contributed by atoms with E-state index in [-0.39, 0.29) is 0 Å². The largest absolute Gasteiger partial charge is 0.340 e. The van der Waals surface area contributed by atoms with E-state index in [9.17, 15) is 0 Å². The van der Waals surface area contributed by atoms with E-state index in [1.54, 1.807) is 11.3 Å². The molecule has 5 nitrogen and oxygen atoms in total. The first-order valence-corrected chi connectivity index (χ1v) is 8.86. The van der Waals surface area contributed by atoms with Crippen LogP contribution >= 0.6 is 11.3 Å². The summed E-state index contributed by atoms with van der Waals surface area (Å²) in [6.45, 7) is 7.67. The molecule has 0 N–H and O–H groups in total. The van der Waals surface area contributed by atoms with Gasteiger partial charge in [-0.2, -0.15) is 0 Å². The molecule has 2 aliphatic heterocycles. The highest BCUT2D eigenvalue weighted by Crippen LogP contribution is 2.33. The number of fused-ring (bicyclic) bond motifs is 1. The summed E-state index contributed by atoms with van der Waals surface area (Å²) < 4.78 is 0. The molecular formula is C16H21N5S. The van der Waals surface area contributed by atoms with Crippen LogP contribution in [0.25, 0.3) is 0 Å². The van der Waals surface area contributed by atoms with Gasteiger partial charge in [0, 0.05) is 50.1 Å². The van der Waals surface area contributed by atoms with E-state index in [0.717, 1.165) is 43.8 Å².